The van der Waals surface area contributed by atoms with E-state index in [-0.39, 0.29) is 18.1 Å². The van der Waals surface area contributed by atoms with Gasteiger partial charge in [-0.2, -0.15) is 0 Å². The van der Waals surface area contributed by atoms with E-state index in [1.54, 1.807) is 13.3 Å². The van der Waals surface area contributed by atoms with Gasteiger partial charge in [-0.1, -0.05) is 17.3 Å². The zero-order chi connectivity index (χ0) is 17.3. The van der Waals surface area contributed by atoms with Gasteiger partial charge in [0.1, 0.15) is 5.75 Å². The quantitative estimate of drug-likeness (QED) is 0.638. The van der Waals surface area contributed by atoms with Crippen molar-refractivity contribution in [2.45, 2.75) is 44.1 Å². The normalized spacial score (nSPS) is 32.8. The molecular formula is C20H26N2O3. The fraction of sp³-hybridized carbons (Fsp3) is 0.600. The molecule has 0 radical (unpaired) electrons. The molecule has 4 aliphatic rings. The molecule has 5 nitrogen and oxygen atoms in total. The molecule has 0 heterocycles. The first kappa shape index (κ1) is 16.4. The van der Waals surface area contributed by atoms with Gasteiger partial charge in [-0.3, -0.25) is 4.79 Å². The maximum atomic E-state index is 12.3. The van der Waals surface area contributed by atoms with Crippen LogP contribution in [0, 0.1) is 17.8 Å². The number of methoxy groups -OCH3 is 1. The topological polar surface area (TPSA) is 59.9 Å². The van der Waals surface area contributed by atoms with Crippen molar-refractivity contribution in [1.82, 2.24) is 5.32 Å². The van der Waals surface area contributed by atoms with E-state index in [0.29, 0.717) is 0 Å². The lowest BCUT2D eigenvalue weighted by Crippen LogP contribution is -2.60. The summed E-state index contributed by atoms with van der Waals surface area (Å²) in [5, 5.41) is 7.20. The van der Waals surface area contributed by atoms with E-state index in [9.17, 15) is 4.79 Å². The number of carbonyl (C=O) groups excluding carboxylic acids is 1. The number of hydrogen-bond donors (Lipinski definition) is 1. The molecule has 4 aliphatic carbocycles. The van der Waals surface area contributed by atoms with Gasteiger partial charge in [0.2, 0.25) is 0 Å². The number of nitrogens with one attached hydrogen (secondary N) is 1. The van der Waals surface area contributed by atoms with Crippen LogP contribution in [0.2, 0.25) is 0 Å². The van der Waals surface area contributed by atoms with Crippen molar-refractivity contribution in [3.63, 3.8) is 0 Å². The van der Waals surface area contributed by atoms with E-state index in [1.807, 2.05) is 24.3 Å². The van der Waals surface area contributed by atoms with Gasteiger partial charge in [-0.25, -0.2) is 0 Å². The van der Waals surface area contributed by atoms with E-state index in [2.05, 4.69) is 10.5 Å². The van der Waals surface area contributed by atoms with Crippen LogP contribution < -0.4 is 10.1 Å². The van der Waals surface area contributed by atoms with Crippen LogP contribution in [0.15, 0.2) is 29.4 Å². The predicted octanol–water partition coefficient (Wildman–Crippen LogP) is 3.13. The molecule has 0 saturated heterocycles. The highest BCUT2D eigenvalue weighted by Crippen LogP contribution is 2.55. The predicted molar refractivity (Wildman–Crippen MR) is 95.6 cm³/mol. The summed E-state index contributed by atoms with van der Waals surface area (Å²) >= 11 is 0. The van der Waals surface area contributed by atoms with Crippen LogP contribution in [0.25, 0.3) is 0 Å². The average molecular weight is 342 g/mol. The van der Waals surface area contributed by atoms with Gasteiger partial charge >= 0.3 is 0 Å². The average Bonchev–Trinajstić information content (AvgIpc) is 2.57. The third kappa shape index (κ3) is 3.51. The highest BCUT2D eigenvalue weighted by atomic mass is 16.6. The van der Waals surface area contributed by atoms with Crippen LogP contribution >= 0.6 is 0 Å². The summed E-state index contributed by atoms with van der Waals surface area (Å²) in [4.78, 5) is 17.5. The largest absolute Gasteiger partial charge is 0.496 e. The maximum absolute atomic E-state index is 12.3. The van der Waals surface area contributed by atoms with E-state index in [0.717, 1.165) is 48.3 Å². The van der Waals surface area contributed by atoms with Gasteiger partial charge < -0.3 is 14.9 Å². The van der Waals surface area contributed by atoms with Crippen molar-refractivity contribution < 1.29 is 14.4 Å². The third-order valence-corrected chi connectivity index (χ3v) is 6.04. The van der Waals surface area contributed by atoms with E-state index >= 15 is 0 Å². The van der Waals surface area contributed by atoms with Crippen molar-refractivity contribution in [2.75, 3.05) is 13.7 Å². The highest BCUT2D eigenvalue weighted by molar-refractivity contribution is 5.83. The molecule has 0 spiro atoms. The maximum Gasteiger partial charge on any atom is 0.261 e. The van der Waals surface area contributed by atoms with Gasteiger partial charge in [0, 0.05) is 11.1 Å². The number of para-hydroxylation sites is 1. The number of nitrogens with zero attached hydrogens (tertiary/aromatic N) is 1. The Bertz CT molecular complexity index is 635. The molecule has 5 heteroatoms. The van der Waals surface area contributed by atoms with Crippen LogP contribution in [0.5, 0.6) is 5.75 Å². The van der Waals surface area contributed by atoms with Crippen molar-refractivity contribution in [3.05, 3.63) is 29.8 Å². The Labute approximate surface area is 148 Å². The molecule has 0 atom stereocenters. The minimum Gasteiger partial charge on any atom is -0.496 e. The summed E-state index contributed by atoms with van der Waals surface area (Å²) in [5.41, 5.74) is 0.855. The molecule has 25 heavy (non-hydrogen) atoms. The monoisotopic (exact) mass is 342 g/mol. The molecule has 4 saturated carbocycles. The number of ether oxygens (including phenoxy) is 1. The number of benzene rings is 1. The lowest BCUT2D eigenvalue weighted by atomic mass is 9.53. The first-order valence-corrected chi connectivity index (χ1v) is 9.25. The van der Waals surface area contributed by atoms with Crippen LogP contribution in [0.3, 0.4) is 0 Å². The van der Waals surface area contributed by atoms with E-state index < -0.39 is 0 Å². The standard InChI is InChI=1S/C20H26N2O3/c1-24-18-5-3-2-4-17(18)12-21-25-13-19(23)22-20-9-14-6-15(10-20)8-16(7-14)11-20/h2-5,12,14-16H,6-11,13H2,1H3,(H,22,23)/b21-12-. The Morgan fingerprint density at radius 3 is 2.48 bits per heavy atom. The van der Waals surface area contributed by atoms with Crippen LogP contribution in [-0.4, -0.2) is 31.4 Å². The molecule has 5 rings (SSSR count). The fourth-order valence-corrected chi connectivity index (χ4v) is 5.56. The van der Waals surface area contributed by atoms with Crippen molar-refractivity contribution in [1.29, 1.82) is 0 Å². The number of rotatable bonds is 6. The summed E-state index contributed by atoms with van der Waals surface area (Å²) in [6.45, 7) is -0.0343. The molecule has 4 fully saturated rings. The Hall–Kier alpha value is -2.04. The van der Waals surface area contributed by atoms with Crippen LogP contribution in [-0.2, 0) is 9.63 Å². The second-order valence-electron chi connectivity index (χ2n) is 8.00. The molecule has 0 aliphatic heterocycles. The molecule has 1 aromatic rings. The number of amides is 1. The van der Waals surface area contributed by atoms with Crippen molar-refractivity contribution in [2.24, 2.45) is 22.9 Å². The zero-order valence-corrected chi connectivity index (χ0v) is 14.7. The Morgan fingerprint density at radius 2 is 1.84 bits per heavy atom. The Morgan fingerprint density at radius 1 is 1.20 bits per heavy atom. The molecule has 1 aromatic carbocycles. The lowest BCUT2D eigenvalue weighted by molar-refractivity contribution is -0.131. The highest BCUT2D eigenvalue weighted by Gasteiger charge is 2.51. The molecule has 0 unspecified atom stereocenters. The third-order valence-electron chi connectivity index (χ3n) is 6.04. The van der Waals surface area contributed by atoms with Crippen LogP contribution in [0.4, 0.5) is 0 Å². The van der Waals surface area contributed by atoms with E-state index in [4.69, 9.17) is 9.57 Å². The summed E-state index contributed by atoms with van der Waals surface area (Å²) in [6.07, 6.45) is 9.13. The summed E-state index contributed by atoms with van der Waals surface area (Å²) in [6, 6.07) is 7.56. The number of carbonyl (C=O) groups is 1. The molecule has 134 valence electrons. The molecule has 0 aromatic heterocycles. The minimum atomic E-state index is -0.0564. The first-order valence-electron chi connectivity index (χ1n) is 9.25. The second-order valence-corrected chi connectivity index (χ2v) is 8.00. The molecule has 4 bridgehead atoms. The van der Waals surface area contributed by atoms with Crippen molar-refractivity contribution in [3.8, 4) is 5.75 Å². The smallest absolute Gasteiger partial charge is 0.261 e. The zero-order valence-electron chi connectivity index (χ0n) is 14.7. The summed E-state index contributed by atoms with van der Waals surface area (Å²) in [7, 11) is 1.62. The summed E-state index contributed by atoms with van der Waals surface area (Å²) in [5.74, 6) is 3.12. The van der Waals surface area contributed by atoms with Crippen molar-refractivity contribution >= 4 is 12.1 Å². The van der Waals surface area contributed by atoms with Gasteiger partial charge in [0.25, 0.3) is 5.91 Å². The Kier molecular flexibility index (Phi) is 4.40. The Balaban J connectivity index is 1.29. The SMILES string of the molecule is COc1ccccc1/C=N\OCC(=O)NC12CC3CC(CC(C3)C1)C2. The van der Waals surface area contributed by atoms with Gasteiger partial charge in [0.05, 0.1) is 13.3 Å². The molecular weight excluding hydrogens is 316 g/mol. The molecule has 1 N–H and O–H groups in total. The number of oxime groups is 1. The van der Waals surface area contributed by atoms with Crippen LogP contribution in [0.1, 0.15) is 44.1 Å². The van der Waals surface area contributed by atoms with E-state index in [1.165, 1.54) is 19.3 Å². The second kappa shape index (κ2) is 6.70. The summed E-state index contributed by atoms with van der Waals surface area (Å²) < 4.78 is 5.26. The first-order chi connectivity index (χ1) is 12.2. The van der Waals surface area contributed by atoms with Gasteiger partial charge in [0.15, 0.2) is 6.61 Å². The number of hydrogen-bond acceptors (Lipinski definition) is 4. The minimum absolute atomic E-state index is 0.0293. The lowest BCUT2D eigenvalue weighted by Gasteiger charge is -2.56. The fourth-order valence-electron chi connectivity index (χ4n) is 5.56. The van der Waals surface area contributed by atoms with Gasteiger partial charge in [-0.15, -0.1) is 0 Å². The van der Waals surface area contributed by atoms with Gasteiger partial charge in [-0.05, 0) is 68.4 Å². The molecule has 1 amide bonds.